The summed E-state index contributed by atoms with van der Waals surface area (Å²) in [5, 5.41) is 8.66. The lowest BCUT2D eigenvalue weighted by molar-refractivity contribution is -0.137. The van der Waals surface area contributed by atoms with E-state index in [1.165, 1.54) is 4.88 Å². The zero-order valence-electron chi connectivity index (χ0n) is 10.1. The lowest BCUT2D eigenvalue weighted by Gasteiger charge is -2.14. The Bertz CT molecular complexity index is 392. The molecule has 1 aromatic rings. The molecule has 0 radical (unpaired) electrons. The van der Waals surface area contributed by atoms with Gasteiger partial charge in [0.1, 0.15) is 0 Å². The van der Waals surface area contributed by atoms with Crippen molar-refractivity contribution in [1.82, 2.24) is 9.88 Å². The van der Waals surface area contributed by atoms with E-state index in [0.717, 1.165) is 38.2 Å². The maximum Gasteiger partial charge on any atom is 0.303 e. The van der Waals surface area contributed by atoms with Gasteiger partial charge in [-0.1, -0.05) is 0 Å². The second-order valence-electron chi connectivity index (χ2n) is 4.68. The molecule has 1 unspecified atom stereocenters. The van der Waals surface area contributed by atoms with Crippen molar-refractivity contribution in [2.45, 2.75) is 32.7 Å². The Labute approximate surface area is 105 Å². The number of aryl methyl sites for hydroxylation is 1. The number of carboxylic acid groups (broad SMARTS) is 1. The Morgan fingerprint density at radius 3 is 3.18 bits per heavy atom. The van der Waals surface area contributed by atoms with Gasteiger partial charge in [-0.2, -0.15) is 0 Å². The normalized spacial score (nSPS) is 20.9. The van der Waals surface area contributed by atoms with Crippen LogP contribution in [0, 0.1) is 12.8 Å². The number of thiazole rings is 1. The minimum absolute atomic E-state index is 0.304. The Hall–Kier alpha value is -0.940. The second-order valence-corrected chi connectivity index (χ2v) is 5.62. The lowest BCUT2D eigenvalue weighted by Crippen LogP contribution is -2.20. The largest absolute Gasteiger partial charge is 0.481 e. The minimum Gasteiger partial charge on any atom is -0.481 e. The van der Waals surface area contributed by atoms with Crippen molar-refractivity contribution in [2.75, 3.05) is 13.1 Å². The first-order chi connectivity index (χ1) is 8.15. The van der Waals surface area contributed by atoms with Crippen molar-refractivity contribution < 1.29 is 9.90 Å². The molecule has 17 heavy (non-hydrogen) atoms. The van der Waals surface area contributed by atoms with Gasteiger partial charge in [0.15, 0.2) is 0 Å². The minimum atomic E-state index is -0.679. The summed E-state index contributed by atoms with van der Waals surface area (Å²) in [4.78, 5) is 18.5. The molecule has 5 heteroatoms. The molecule has 0 saturated carbocycles. The monoisotopic (exact) mass is 254 g/mol. The van der Waals surface area contributed by atoms with Gasteiger partial charge in [-0.15, -0.1) is 11.3 Å². The molecule has 2 heterocycles. The second kappa shape index (κ2) is 5.60. The van der Waals surface area contributed by atoms with Crippen molar-refractivity contribution in [3.05, 3.63) is 16.1 Å². The molecular formula is C12H18N2O2S. The highest BCUT2D eigenvalue weighted by molar-refractivity contribution is 7.09. The van der Waals surface area contributed by atoms with Crippen LogP contribution in [0.5, 0.6) is 0 Å². The van der Waals surface area contributed by atoms with Crippen LogP contribution in [0.25, 0.3) is 0 Å². The smallest absolute Gasteiger partial charge is 0.303 e. The first kappa shape index (κ1) is 12.5. The first-order valence-electron chi connectivity index (χ1n) is 5.98. The predicted octanol–water partition coefficient (Wildman–Crippen LogP) is 2.14. The van der Waals surface area contributed by atoms with Crippen LogP contribution in [-0.2, 0) is 11.3 Å². The third-order valence-corrected chi connectivity index (χ3v) is 4.27. The van der Waals surface area contributed by atoms with E-state index in [4.69, 9.17) is 5.11 Å². The Morgan fingerprint density at radius 1 is 1.71 bits per heavy atom. The van der Waals surface area contributed by atoms with Gasteiger partial charge in [-0.25, -0.2) is 4.98 Å². The summed E-state index contributed by atoms with van der Waals surface area (Å²) in [5.41, 5.74) is 3.02. The zero-order chi connectivity index (χ0) is 12.3. The highest BCUT2D eigenvalue weighted by Crippen LogP contribution is 2.24. The number of hydrogen-bond acceptors (Lipinski definition) is 4. The van der Waals surface area contributed by atoms with Crippen molar-refractivity contribution in [3.63, 3.8) is 0 Å². The highest BCUT2D eigenvalue weighted by atomic mass is 32.1. The van der Waals surface area contributed by atoms with E-state index >= 15 is 0 Å². The number of carboxylic acids is 1. The number of hydrogen-bond donors (Lipinski definition) is 1. The van der Waals surface area contributed by atoms with Gasteiger partial charge in [0, 0.05) is 24.4 Å². The molecule has 1 aliphatic heterocycles. The SMILES string of the molecule is Cc1ncsc1CN1CCC(CCC(=O)O)C1. The third kappa shape index (κ3) is 3.51. The van der Waals surface area contributed by atoms with Gasteiger partial charge >= 0.3 is 5.97 Å². The summed E-state index contributed by atoms with van der Waals surface area (Å²) < 4.78 is 0. The number of aliphatic carboxylic acids is 1. The maximum atomic E-state index is 10.5. The van der Waals surface area contributed by atoms with Crippen LogP contribution in [-0.4, -0.2) is 34.0 Å². The molecule has 0 bridgehead atoms. The standard InChI is InChI=1S/C12H18N2O2S/c1-9-11(17-8-13-9)7-14-5-4-10(6-14)2-3-12(15)16/h8,10H,2-7H2,1H3,(H,15,16). The van der Waals surface area contributed by atoms with E-state index in [0.29, 0.717) is 12.3 Å². The summed E-state index contributed by atoms with van der Waals surface area (Å²) in [7, 11) is 0. The van der Waals surface area contributed by atoms with E-state index in [2.05, 4.69) is 9.88 Å². The number of carbonyl (C=O) groups is 1. The molecule has 1 atom stereocenters. The van der Waals surface area contributed by atoms with E-state index in [1.807, 2.05) is 12.4 Å². The van der Waals surface area contributed by atoms with Crippen LogP contribution in [0.4, 0.5) is 0 Å². The number of aromatic nitrogens is 1. The summed E-state index contributed by atoms with van der Waals surface area (Å²) in [5.74, 6) is -0.124. The molecule has 1 aromatic heterocycles. The molecule has 94 valence electrons. The highest BCUT2D eigenvalue weighted by Gasteiger charge is 2.23. The van der Waals surface area contributed by atoms with Gasteiger partial charge in [-0.05, 0) is 32.2 Å². The van der Waals surface area contributed by atoms with Gasteiger partial charge in [-0.3, -0.25) is 9.69 Å². The van der Waals surface area contributed by atoms with Crippen LogP contribution < -0.4 is 0 Å². The number of rotatable bonds is 5. The van der Waals surface area contributed by atoms with Crippen LogP contribution in [0.2, 0.25) is 0 Å². The van der Waals surface area contributed by atoms with Crippen LogP contribution >= 0.6 is 11.3 Å². The quantitative estimate of drug-likeness (QED) is 0.874. The van der Waals surface area contributed by atoms with Crippen LogP contribution in [0.1, 0.15) is 29.8 Å². The molecule has 4 nitrogen and oxygen atoms in total. The average molecular weight is 254 g/mol. The van der Waals surface area contributed by atoms with Crippen LogP contribution in [0.3, 0.4) is 0 Å². The predicted molar refractivity (Wildman–Crippen MR) is 67.1 cm³/mol. The van der Waals surface area contributed by atoms with Crippen LogP contribution in [0.15, 0.2) is 5.51 Å². The van der Waals surface area contributed by atoms with Crippen molar-refractivity contribution in [3.8, 4) is 0 Å². The molecule has 1 N–H and O–H groups in total. The van der Waals surface area contributed by atoms with E-state index < -0.39 is 5.97 Å². The Kier molecular flexibility index (Phi) is 4.12. The summed E-state index contributed by atoms with van der Waals surface area (Å²) in [6.07, 6.45) is 2.25. The summed E-state index contributed by atoms with van der Waals surface area (Å²) >= 11 is 1.71. The number of likely N-dealkylation sites (tertiary alicyclic amines) is 1. The fourth-order valence-electron chi connectivity index (χ4n) is 2.30. The molecule has 0 amide bonds. The molecule has 1 saturated heterocycles. The maximum absolute atomic E-state index is 10.5. The van der Waals surface area contributed by atoms with Crippen molar-refractivity contribution >= 4 is 17.3 Å². The van der Waals surface area contributed by atoms with E-state index in [-0.39, 0.29) is 0 Å². The molecular weight excluding hydrogens is 236 g/mol. The molecule has 1 fully saturated rings. The van der Waals surface area contributed by atoms with Crippen molar-refractivity contribution in [2.24, 2.45) is 5.92 Å². The Balaban J connectivity index is 1.78. The molecule has 0 spiro atoms. The van der Waals surface area contributed by atoms with E-state index in [9.17, 15) is 4.79 Å². The average Bonchev–Trinajstić information content (AvgIpc) is 2.87. The molecule has 1 aliphatic rings. The lowest BCUT2D eigenvalue weighted by atomic mass is 10.0. The van der Waals surface area contributed by atoms with Gasteiger partial charge < -0.3 is 5.11 Å². The summed E-state index contributed by atoms with van der Waals surface area (Å²) in [6.45, 7) is 5.14. The fourth-order valence-corrected chi connectivity index (χ4v) is 3.12. The molecule has 2 rings (SSSR count). The van der Waals surface area contributed by atoms with Gasteiger partial charge in [0.25, 0.3) is 0 Å². The van der Waals surface area contributed by atoms with Crippen molar-refractivity contribution in [1.29, 1.82) is 0 Å². The zero-order valence-corrected chi connectivity index (χ0v) is 10.9. The fraction of sp³-hybridized carbons (Fsp3) is 0.667. The molecule has 0 aliphatic carbocycles. The van der Waals surface area contributed by atoms with E-state index in [1.54, 1.807) is 11.3 Å². The topological polar surface area (TPSA) is 53.4 Å². The van der Waals surface area contributed by atoms with Gasteiger partial charge in [0.2, 0.25) is 0 Å². The van der Waals surface area contributed by atoms with Gasteiger partial charge in [0.05, 0.1) is 11.2 Å². The summed E-state index contributed by atoms with van der Waals surface area (Å²) in [6, 6.07) is 0. The molecule has 0 aromatic carbocycles. The first-order valence-corrected chi connectivity index (χ1v) is 6.86. The Morgan fingerprint density at radius 2 is 2.53 bits per heavy atom. The number of nitrogens with zero attached hydrogens (tertiary/aromatic N) is 2. The third-order valence-electron chi connectivity index (χ3n) is 3.35.